The van der Waals surface area contributed by atoms with Gasteiger partial charge in [0.25, 0.3) is 5.91 Å². The van der Waals surface area contributed by atoms with E-state index in [1.54, 1.807) is 0 Å². The summed E-state index contributed by atoms with van der Waals surface area (Å²) in [6.45, 7) is 2.82. The number of esters is 1. The summed E-state index contributed by atoms with van der Waals surface area (Å²) in [5.74, 6) is -2.08. The largest absolute Gasteiger partial charge is 0.465 e. The van der Waals surface area contributed by atoms with Crippen LogP contribution in [0.4, 0.5) is 10.1 Å². The first-order valence-corrected chi connectivity index (χ1v) is 12.2. The molecule has 1 fully saturated rings. The molecule has 4 rings (SSSR count). The fourth-order valence-corrected chi connectivity index (χ4v) is 5.37. The van der Waals surface area contributed by atoms with Gasteiger partial charge in [0.05, 0.1) is 29.1 Å². The normalized spacial score (nSPS) is 15.1. The van der Waals surface area contributed by atoms with Crippen LogP contribution in [0.2, 0.25) is 5.02 Å². The predicted octanol–water partition coefficient (Wildman–Crippen LogP) is 5.89. The number of amides is 1. The van der Waals surface area contributed by atoms with Gasteiger partial charge in [0.2, 0.25) is 0 Å². The highest BCUT2D eigenvalue weighted by molar-refractivity contribution is 7.21. The zero-order valence-corrected chi connectivity index (χ0v) is 19.9. The lowest BCUT2D eigenvalue weighted by Crippen LogP contribution is -2.27. The van der Waals surface area contributed by atoms with Crippen molar-refractivity contribution in [3.63, 3.8) is 0 Å². The molecule has 1 amide bonds. The lowest BCUT2D eigenvalue weighted by molar-refractivity contribution is 0.0607. The van der Waals surface area contributed by atoms with Crippen LogP contribution in [0.25, 0.3) is 10.2 Å². The number of carbonyl (C=O) groups excluding carboxylic acids is 2. The Kier molecular flexibility index (Phi) is 7.57. The van der Waals surface area contributed by atoms with Gasteiger partial charge in [-0.25, -0.2) is 14.2 Å². The number of ether oxygens (including phenoxy) is 1. The molecule has 1 aliphatic rings. The second-order valence-corrected chi connectivity index (χ2v) is 9.45. The first kappa shape index (κ1) is 23.6. The van der Waals surface area contributed by atoms with Crippen LogP contribution in [0.1, 0.15) is 57.8 Å². The molecule has 3 heterocycles. The number of halogens is 2. The van der Waals surface area contributed by atoms with Crippen LogP contribution in [0.3, 0.4) is 0 Å². The Morgan fingerprint density at radius 2 is 1.88 bits per heavy atom. The highest BCUT2D eigenvalue weighted by Crippen LogP contribution is 2.36. The minimum atomic E-state index is -0.743. The minimum Gasteiger partial charge on any atom is -0.465 e. The molecular weight excluding hydrogens is 465 g/mol. The smallest absolute Gasteiger partial charge is 0.350 e. The number of rotatable bonds is 5. The third-order valence-electron chi connectivity index (χ3n) is 5.75. The maximum Gasteiger partial charge on any atom is 0.350 e. The van der Waals surface area contributed by atoms with E-state index in [-0.39, 0.29) is 21.2 Å². The average molecular weight is 490 g/mol. The zero-order valence-electron chi connectivity index (χ0n) is 18.3. The summed E-state index contributed by atoms with van der Waals surface area (Å²) in [5.41, 5.74) is 0.864. The third kappa shape index (κ3) is 5.34. The van der Waals surface area contributed by atoms with E-state index in [1.165, 1.54) is 51.3 Å². The number of pyridine rings is 1. The molecule has 1 aromatic carbocycles. The van der Waals surface area contributed by atoms with Gasteiger partial charge in [0.15, 0.2) is 0 Å². The van der Waals surface area contributed by atoms with E-state index < -0.39 is 17.7 Å². The number of hydrogen-bond donors (Lipinski definition) is 1. The Morgan fingerprint density at radius 1 is 1.15 bits per heavy atom. The Morgan fingerprint density at radius 3 is 2.58 bits per heavy atom. The fourth-order valence-electron chi connectivity index (χ4n) is 4.06. The summed E-state index contributed by atoms with van der Waals surface area (Å²) in [6, 6.07) is 7.76. The molecule has 0 aliphatic carbocycles. The molecule has 174 valence electrons. The molecular formula is C24H25ClFN3O3S. The van der Waals surface area contributed by atoms with Gasteiger partial charge < -0.3 is 10.1 Å². The van der Waals surface area contributed by atoms with Crippen LogP contribution in [-0.2, 0) is 11.3 Å². The predicted molar refractivity (Wildman–Crippen MR) is 129 cm³/mol. The van der Waals surface area contributed by atoms with Crippen molar-refractivity contribution in [3.8, 4) is 0 Å². The van der Waals surface area contributed by atoms with Crippen LogP contribution >= 0.6 is 22.9 Å². The molecule has 3 aromatic rings. The molecule has 33 heavy (non-hydrogen) atoms. The summed E-state index contributed by atoms with van der Waals surface area (Å²) >= 11 is 7.18. The number of anilines is 1. The number of nitrogens with zero attached hydrogens (tertiary/aromatic N) is 2. The van der Waals surface area contributed by atoms with Crippen molar-refractivity contribution >= 4 is 50.7 Å². The van der Waals surface area contributed by atoms with Gasteiger partial charge in [0.1, 0.15) is 15.5 Å². The quantitative estimate of drug-likeness (QED) is 0.452. The topological polar surface area (TPSA) is 71.5 Å². The number of methoxy groups -OCH3 is 1. The molecule has 0 saturated carbocycles. The summed E-state index contributed by atoms with van der Waals surface area (Å²) in [7, 11) is 1.27. The van der Waals surface area contributed by atoms with Gasteiger partial charge >= 0.3 is 5.97 Å². The number of likely N-dealkylation sites (tertiary alicyclic amines) is 1. The third-order valence-corrected chi connectivity index (χ3v) is 7.14. The van der Waals surface area contributed by atoms with E-state index in [4.69, 9.17) is 21.3 Å². The zero-order chi connectivity index (χ0) is 23.4. The first-order valence-electron chi connectivity index (χ1n) is 11.0. The van der Waals surface area contributed by atoms with Crippen molar-refractivity contribution in [3.05, 3.63) is 57.3 Å². The van der Waals surface area contributed by atoms with E-state index >= 15 is 0 Å². The van der Waals surface area contributed by atoms with E-state index in [9.17, 15) is 14.0 Å². The Hall–Kier alpha value is -2.55. The Bertz CT molecular complexity index is 1150. The average Bonchev–Trinajstić information content (AvgIpc) is 3.12. The van der Waals surface area contributed by atoms with Crippen molar-refractivity contribution in [1.29, 1.82) is 0 Å². The second-order valence-electron chi connectivity index (χ2n) is 8.05. The van der Waals surface area contributed by atoms with Crippen LogP contribution < -0.4 is 5.32 Å². The number of aromatic nitrogens is 1. The van der Waals surface area contributed by atoms with Crippen molar-refractivity contribution in [2.75, 3.05) is 25.5 Å². The van der Waals surface area contributed by atoms with Crippen LogP contribution in [0.15, 0.2) is 30.3 Å². The highest BCUT2D eigenvalue weighted by atomic mass is 35.5. The maximum atomic E-state index is 14.2. The molecule has 1 aliphatic heterocycles. The minimum absolute atomic E-state index is 0.0136. The fraction of sp³-hybridized carbons (Fsp3) is 0.375. The number of thiophene rings is 1. The molecule has 0 radical (unpaired) electrons. The monoisotopic (exact) mass is 489 g/mol. The number of hydrogen-bond acceptors (Lipinski definition) is 6. The molecule has 9 heteroatoms. The van der Waals surface area contributed by atoms with Crippen LogP contribution in [0, 0.1) is 5.82 Å². The standard InChI is InChI=1S/C24H25ClFN3O3S/c1-32-24(31)21-20(28-22(30)19-17(25)8-7-9-18(19)26)16-11-10-15(27-23(16)33-21)14-29-12-5-3-2-4-6-13-29/h7-11H,2-6,12-14H2,1H3,(H,28,30). The van der Waals surface area contributed by atoms with E-state index in [1.807, 2.05) is 12.1 Å². The van der Waals surface area contributed by atoms with Gasteiger partial charge in [-0.05, 0) is 50.2 Å². The second kappa shape index (κ2) is 10.6. The molecule has 0 unspecified atom stereocenters. The molecule has 1 N–H and O–H groups in total. The Labute approximate surface area is 200 Å². The molecule has 2 aromatic heterocycles. The lowest BCUT2D eigenvalue weighted by atomic mass is 10.1. The maximum absolute atomic E-state index is 14.2. The SMILES string of the molecule is COC(=O)c1sc2nc(CN3CCCCCCC3)ccc2c1NC(=O)c1c(F)cccc1Cl. The van der Waals surface area contributed by atoms with Gasteiger partial charge in [-0.3, -0.25) is 9.69 Å². The summed E-state index contributed by atoms with van der Waals surface area (Å²) in [5, 5.41) is 3.24. The summed E-state index contributed by atoms with van der Waals surface area (Å²) in [6.07, 6.45) is 6.18. The first-order chi connectivity index (χ1) is 16.0. The molecule has 6 nitrogen and oxygen atoms in total. The number of nitrogens with one attached hydrogen (secondary N) is 1. The number of carbonyl (C=O) groups is 2. The molecule has 0 atom stereocenters. The highest BCUT2D eigenvalue weighted by Gasteiger charge is 2.24. The van der Waals surface area contributed by atoms with Gasteiger partial charge in [0, 0.05) is 11.9 Å². The van der Waals surface area contributed by atoms with Crippen molar-refractivity contribution in [2.24, 2.45) is 0 Å². The number of fused-ring (bicyclic) bond motifs is 1. The van der Waals surface area contributed by atoms with E-state index in [2.05, 4.69) is 10.2 Å². The molecule has 0 bridgehead atoms. The van der Waals surface area contributed by atoms with E-state index in [0.29, 0.717) is 10.2 Å². The van der Waals surface area contributed by atoms with Crippen molar-refractivity contribution < 1.29 is 18.7 Å². The van der Waals surface area contributed by atoms with Gasteiger partial charge in [-0.15, -0.1) is 11.3 Å². The summed E-state index contributed by atoms with van der Waals surface area (Å²) < 4.78 is 19.1. The van der Waals surface area contributed by atoms with E-state index in [0.717, 1.165) is 42.7 Å². The Balaban J connectivity index is 1.65. The number of benzene rings is 1. The summed E-state index contributed by atoms with van der Waals surface area (Å²) in [4.78, 5) is 33.2. The molecule has 1 saturated heterocycles. The van der Waals surface area contributed by atoms with Crippen LogP contribution in [-0.4, -0.2) is 42.0 Å². The lowest BCUT2D eigenvalue weighted by Gasteiger charge is -2.24. The van der Waals surface area contributed by atoms with Gasteiger partial charge in [-0.1, -0.05) is 36.9 Å². The van der Waals surface area contributed by atoms with Gasteiger partial charge in [-0.2, -0.15) is 0 Å². The van der Waals surface area contributed by atoms with Crippen LogP contribution in [0.5, 0.6) is 0 Å². The molecule has 0 spiro atoms. The van der Waals surface area contributed by atoms with Crippen molar-refractivity contribution in [2.45, 2.75) is 38.6 Å². The van der Waals surface area contributed by atoms with Crippen molar-refractivity contribution in [1.82, 2.24) is 9.88 Å².